The third-order valence-electron chi connectivity index (χ3n) is 5.93. The van der Waals surface area contributed by atoms with Crippen molar-refractivity contribution in [1.82, 2.24) is 10.6 Å². The number of carbonyl (C=O) groups excluding carboxylic acids is 1. The van der Waals surface area contributed by atoms with Gasteiger partial charge >= 0.3 is 0 Å². The average molecular weight is 492 g/mol. The van der Waals surface area contributed by atoms with Gasteiger partial charge in [0.25, 0.3) is 5.91 Å². The van der Waals surface area contributed by atoms with Crippen LogP contribution < -0.4 is 16.0 Å². The molecule has 1 fully saturated rings. The second kappa shape index (κ2) is 13.2. The summed E-state index contributed by atoms with van der Waals surface area (Å²) in [5.74, 6) is 0.434. The molecule has 4 N–H and O–H groups in total. The predicted octanol–water partition coefficient (Wildman–Crippen LogP) is 3.53. The van der Waals surface area contributed by atoms with Gasteiger partial charge in [-0.2, -0.15) is 24.4 Å². The van der Waals surface area contributed by atoms with Crippen LogP contribution in [-0.4, -0.2) is 60.1 Å². The van der Waals surface area contributed by atoms with E-state index in [0.29, 0.717) is 36.1 Å². The fourth-order valence-corrected chi connectivity index (χ4v) is 4.85. The van der Waals surface area contributed by atoms with Gasteiger partial charge in [-0.3, -0.25) is 4.79 Å². The van der Waals surface area contributed by atoms with Gasteiger partial charge in [0, 0.05) is 35.6 Å². The van der Waals surface area contributed by atoms with E-state index in [2.05, 4.69) is 28.6 Å². The average Bonchev–Trinajstić information content (AvgIpc) is 3.25. The fraction of sp³-hybridized carbons (Fsp3) is 0.480. The van der Waals surface area contributed by atoms with Crippen LogP contribution in [0.5, 0.6) is 0 Å². The van der Waals surface area contributed by atoms with Crippen molar-refractivity contribution in [3.63, 3.8) is 0 Å². The molecule has 0 radical (unpaired) electrons. The molecule has 2 aromatic rings. The van der Waals surface area contributed by atoms with Crippen LogP contribution in [0.1, 0.15) is 34.3 Å². The van der Waals surface area contributed by atoms with Gasteiger partial charge in [-0.1, -0.05) is 18.2 Å². The Morgan fingerprint density at radius 3 is 2.73 bits per heavy atom. The molecular weight excluding hydrogens is 457 g/mol. The Kier molecular flexibility index (Phi) is 10.4. The Balaban J connectivity index is 1.73. The number of aryl methyl sites for hydroxylation is 2. The highest BCUT2D eigenvalue weighted by atomic mass is 32.2. The number of benzene rings is 2. The minimum atomic E-state index is -0.276. The summed E-state index contributed by atoms with van der Waals surface area (Å²) >= 11 is 6.22. The highest BCUT2D eigenvalue weighted by molar-refractivity contribution is 7.98. The zero-order valence-electron chi connectivity index (χ0n) is 19.0. The molecule has 0 aromatic heterocycles. The van der Waals surface area contributed by atoms with Gasteiger partial charge in [0.1, 0.15) is 5.82 Å². The Hall–Kier alpha value is -1.74. The molecule has 1 saturated heterocycles. The molecule has 0 bridgehead atoms. The first kappa shape index (κ1) is 25.9. The molecule has 1 aliphatic heterocycles. The van der Waals surface area contributed by atoms with Crippen molar-refractivity contribution in [2.45, 2.75) is 43.0 Å². The van der Waals surface area contributed by atoms with E-state index in [0.717, 1.165) is 42.1 Å². The number of nitrogens with one attached hydrogen (secondary N) is 3. The summed E-state index contributed by atoms with van der Waals surface area (Å²) in [6.07, 6.45) is 5.10. The summed E-state index contributed by atoms with van der Waals surface area (Å²) in [5, 5.41) is 20.0. The second-order valence-corrected chi connectivity index (χ2v) is 10.2. The molecule has 3 atom stereocenters. The number of halogens is 1. The van der Waals surface area contributed by atoms with E-state index in [9.17, 15) is 14.3 Å². The largest absolute Gasteiger partial charge is 0.394 e. The molecule has 0 saturated carbocycles. The van der Waals surface area contributed by atoms with Crippen molar-refractivity contribution in [2.24, 2.45) is 0 Å². The Morgan fingerprint density at radius 1 is 1.27 bits per heavy atom. The summed E-state index contributed by atoms with van der Waals surface area (Å²) in [4.78, 5) is 13.2. The molecule has 2 aromatic carbocycles. The van der Waals surface area contributed by atoms with Crippen molar-refractivity contribution in [1.29, 1.82) is 0 Å². The summed E-state index contributed by atoms with van der Waals surface area (Å²) < 4.78 is 13.2. The van der Waals surface area contributed by atoms with Gasteiger partial charge in [-0.25, -0.2) is 4.39 Å². The highest BCUT2D eigenvalue weighted by Gasteiger charge is 2.21. The summed E-state index contributed by atoms with van der Waals surface area (Å²) in [6.45, 7) is 1.58. The Bertz CT molecular complexity index is 898. The lowest BCUT2D eigenvalue weighted by Gasteiger charge is -2.19. The quantitative estimate of drug-likeness (QED) is 0.294. The first-order valence-corrected chi connectivity index (χ1v) is 13.3. The zero-order chi connectivity index (χ0) is 23.6. The van der Waals surface area contributed by atoms with Gasteiger partial charge in [0.2, 0.25) is 0 Å². The maximum Gasteiger partial charge on any atom is 0.251 e. The van der Waals surface area contributed by atoms with E-state index in [1.54, 1.807) is 23.9 Å². The number of aliphatic hydroxyl groups is 1. The maximum atomic E-state index is 13.2. The fourth-order valence-electron chi connectivity index (χ4n) is 3.97. The third kappa shape index (κ3) is 8.21. The summed E-state index contributed by atoms with van der Waals surface area (Å²) in [6, 6.07) is 12.4. The van der Waals surface area contributed by atoms with Crippen molar-refractivity contribution >= 4 is 36.0 Å². The SMILES string of the molecule is CSCC[C@@H](CO)NC(=O)c1cc(NC[C@@H]2C[C@H](S)CN2)ccc1CCc1ccc(F)cc1. The minimum absolute atomic E-state index is 0.0899. The standard InChI is InChI=1S/C25H34FN3O2S2/c1-33-11-10-21(16-30)29-25(31)24-13-20(27-14-22-12-23(32)15-28-22)9-6-18(24)5-2-17-3-7-19(26)8-4-17/h3-4,6-9,13,21-23,27-28,30,32H,2,5,10-12,14-16H2,1H3,(H,29,31)/t21-,22-,23-/m0/s1. The number of thiol groups is 1. The number of amides is 1. The van der Waals surface area contributed by atoms with Crippen LogP contribution in [0.2, 0.25) is 0 Å². The molecule has 1 aliphatic rings. The molecule has 5 nitrogen and oxygen atoms in total. The lowest BCUT2D eigenvalue weighted by atomic mass is 9.98. The number of aliphatic hydroxyl groups excluding tert-OH is 1. The molecule has 3 rings (SSSR count). The van der Waals surface area contributed by atoms with Gasteiger partial charge in [0.15, 0.2) is 0 Å². The van der Waals surface area contributed by atoms with Gasteiger partial charge in [-0.05, 0) is 73.1 Å². The normalized spacial score (nSPS) is 18.8. The Morgan fingerprint density at radius 2 is 2.06 bits per heavy atom. The number of hydrogen-bond acceptors (Lipinski definition) is 6. The van der Waals surface area contributed by atoms with Gasteiger partial charge in [0.05, 0.1) is 12.6 Å². The molecule has 0 unspecified atom stereocenters. The zero-order valence-corrected chi connectivity index (χ0v) is 20.7. The van der Waals surface area contributed by atoms with E-state index in [-0.39, 0.29) is 24.4 Å². The minimum Gasteiger partial charge on any atom is -0.394 e. The number of anilines is 1. The molecule has 0 spiro atoms. The van der Waals surface area contributed by atoms with Crippen LogP contribution in [0.3, 0.4) is 0 Å². The van der Waals surface area contributed by atoms with Crippen LogP contribution in [0.25, 0.3) is 0 Å². The molecule has 8 heteroatoms. The maximum absolute atomic E-state index is 13.2. The smallest absolute Gasteiger partial charge is 0.251 e. The third-order valence-corrected chi connectivity index (χ3v) is 6.97. The van der Waals surface area contributed by atoms with Crippen molar-refractivity contribution in [3.05, 3.63) is 65.0 Å². The first-order chi connectivity index (χ1) is 16.0. The number of thioether (sulfide) groups is 1. The van der Waals surface area contributed by atoms with Crippen molar-refractivity contribution < 1.29 is 14.3 Å². The first-order valence-electron chi connectivity index (χ1n) is 11.4. The van der Waals surface area contributed by atoms with Crippen molar-refractivity contribution in [2.75, 3.05) is 37.0 Å². The van der Waals surface area contributed by atoms with Crippen LogP contribution >= 0.6 is 24.4 Å². The monoisotopic (exact) mass is 491 g/mol. The van der Waals surface area contributed by atoms with E-state index in [4.69, 9.17) is 0 Å². The topological polar surface area (TPSA) is 73.4 Å². The summed E-state index contributed by atoms with van der Waals surface area (Å²) in [7, 11) is 0. The van der Waals surface area contributed by atoms with E-state index < -0.39 is 0 Å². The molecular formula is C25H34FN3O2S2. The number of rotatable bonds is 12. The molecule has 1 heterocycles. The van der Waals surface area contributed by atoms with E-state index >= 15 is 0 Å². The number of carbonyl (C=O) groups is 1. The molecule has 180 valence electrons. The lowest BCUT2D eigenvalue weighted by Crippen LogP contribution is -2.38. The highest BCUT2D eigenvalue weighted by Crippen LogP contribution is 2.20. The predicted molar refractivity (Wildman–Crippen MR) is 139 cm³/mol. The van der Waals surface area contributed by atoms with Crippen LogP contribution in [0, 0.1) is 5.82 Å². The van der Waals surface area contributed by atoms with Crippen LogP contribution in [0.15, 0.2) is 42.5 Å². The Labute approximate surface area is 205 Å². The van der Waals surface area contributed by atoms with E-state index in [1.165, 1.54) is 12.1 Å². The lowest BCUT2D eigenvalue weighted by molar-refractivity contribution is 0.0914. The van der Waals surface area contributed by atoms with Crippen LogP contribution in [-0.2, 0) is 12.8 Å². The number of hydrogen-bond donors (Lipinski definition) is 5. The molecule has 0 aliphatic carbocycles. The molecule has 1 amide bonds. The van der Waals surface area contributed by atoms with E-state index in [1.807, 2.05) is 24.5 Å². The summed E-state index contributed by atoms with van der Waals surface area (Å²) in [5.41, 5.74) is 3.45. The van der Waals surface area contributed by atoms with Gasteiger partial charge < -0.3 is 21.1 Å². The van der Waals surface area contributed by atoms with Crippen LogP contribution in [0.4, 0.5) is 10.1 Å². The van der Waals surface area contributed by atoms with Gasteiger partial charge in [-0.15, -0.1) is 0 Å². The van der Waals surface area contributed by atoms with Crippen molar-refractivity contribution in [3.8, 4) is 0 Å². The second-order valence-electron chi connectivity index (χ2n) is 8.51. The molecule has 33 heavy (non-hydrogen) atoms.